The Morgan fingerprint density at radius 3 is 2.83 bits per heavy atom. The molecule has 5 heteroatoms. The van der Waals surface area contributed by atoms with Gasteiger partial charge in [0.15, 0.2) is 0 Å². The molecule has 0 amide bonds. The lowest BCUT2D eigenvalue weighted by atomic mass is 10.1. The van der Waals surface area contributed by atoms with Crippen LogP contribution in [0, 0.1) is 0 Å². The Labute approximate surface area is 105 Å². The molecule has 0 aromatic carbocycles. The summed E-state index contributed by atoms with van der Waals surface area (Å²) in [6, 6.07) is 3.45. The predicted octanol–water partition coefficient (Wildman–Crippen LogP) is 1.72. The van der Waals surface area contributed by atoms with Gasteiger partial charge in [-0.15, -0.1) is 0 Å². The number of aromatic nitrogens is 1. The van der Waals surface area contributed by atoms with Crippen LogP contribution in [0.1, 0.15) is 25.1 Å². The molecule has 1 heterocycles. The van der Waals surface area contributed by atoms with Crippen LogP contribution in [0.4, 0.5) is 0 Å². The van der Waals surface area contributed by atoms with Gasteiger partial charge in [-0.1, -0.05) is 6.58 Å². The lowest BCUT2D eigenvalue weighted by Gasteiger charge is -2.12. The van der Waals surface area contributed by atoms with Gasteiger partial charge in [-0.25, -0.2) is 0 Å². The van der Waals surface area contributed by atoms with Crippen LogP contribution in [0.15, 0.2) is 24.9 Å². The second kappa shape index (κ2) is 6.54. The van der Waals surface area contributed by atoms with Crippen LogP contribution in [0.5, 0.6) is 0 Å². The zero-order chi connectivity index (χ0) is 13.5. The largest absolute Gasteiger partial charge is 0.426 e. The van der Waals surface area contributed by atoms with Gasteiger partial charge in [0.05, 0.1) is 12.1 Å². The molecule has 1 aromatic rings. The molecular formula is C13H15NO4. The Balaban J connectivity index is 2.53. The third-order valence-electron chi connectivity index (χ3n) is 2.03. The predicted molar refractivity (Wildman–Crippen MR) is 65.4 cm³/mol. The number of ether oxygens (including phenoxy) is 2. The lowest BCUT2D eigenvalue weighted by molar-refractivity contribution is -0.182. The molecule has 0 saturated carbocycles. The van der Waals surface area contributed by atoms with Crippen molar-refractivity contribution in [3.05, 3.63) is 36.2 Å². The van der Waals surface area contributed by atoms with Crippen molar-refractivity contribution in [1.29, 1.82) is 0 Å². The van der Waals surface area contributed by atoms with Crippen LogP contribution in [0.25, 0.3) is 6.08 Å². The molecule has 0 aliphatic carbocycles. The maximum absolute atomic E-state index is 11.5. The van der Waals surface area contributed by atoms with E-state index >= 15 is 0 Å². The van der Waals surface area contributed by atoms with E-state index in [0.29, 0.717) is 5.69 Å². The molecule has 0 fully saturated rings. The van der Waals surface area contributed by atoms with Crippen molar-refractivity contribution in [1.82, 2.24) is 4.98 Å². The van der Waals surface area contributed by atoms with Crippen molar-refractivity contribution in [3.63, 3.8) is 0 Å². The fourth-order valence-electron chi connectivity index (χ4n) is 1.37. The number of nitrogens with zero attached hydrogens (tertiary/aromatic N) is 1. The smallest absolute Gasteiger partial charge is 0.313 e. The van der Waals surface area contributed by atoms with Crippen molar-refractivity contribution in [3.8, 4) is 0 Å². The summed E-state index contributed by atoms with van der Waals surface area (Å²) in [6.07, 6.45) is 2.40. The maximum atomic E-state index is 11.5. The number of pyridine rings is 1. The first-order valence-corrected chi connectivity index (χ1v) is 5.45. The van der Waals surface area contributed by atoms with E-state index in [4.69, 9.17) is 9.47 Å². The van der Waals surface area contributed by atoms with E-state index in [-0.39, 0.29) is 6.42 Å². The molecule has 0 bridgehead atoms. The van der Waals surface area contributed by atoms with Gasteiger partial charge in [0.2, 0.25) is 6.29 Å². The summed E-state index contributed by atoms with van der Waals surface area (Å²) in [7, 11) is 0. The summed E-state index contributed by atoms with van der Waals surface area (Å²) in [5.41, 5.74) is 1.45. The fourth-order valence-corrected chi connectivity index (χ4v) is 1.37. The maximum Gasteiger partial charge on any atom is 0.313 e. The Bertz CT molecular complexity index is 456. The number of hydrogen-bond acceptors (Lipinski definition) is 5. The van der Waals surface area contributed by atoms with Crippen LogP contribution >= 0.6 is 0 Å². The Hall–Kier alpha value is -2.17. The van der Waals surface area contributed by atoms with Crippen molar-refractivity contribution in [2.24, 2.45) is 0 Å². The number of carbonyl (C=O) groups excluding carboxylic acids is 2. The number of carbonyl (C=O) groups is 2. The topological polar surface area (TPSA) is 65.5 Å². The van der Waals surface area contributed by atoms with Crippen molar-refractivity contribution in [2.45, 2.75) is 26.6 Å². The van der Waals surface area contributed by atoms with Gasteiger partial charge >= 0.3 is 11.9 Å². The molecule has 1 rings (SSSR count). The molecule has 0 spiro atoms. The van der Waals surface area contributed by atoms with Gasteiger partial charge in [0.25, 0.3) is 0 Å². The highest BCUT2D eigenvalue weighted by atomic mass is 16.7. The van der Waals surface area contributed by atoms with Gasteiger partial charge in [-0.2, -0.15) is 0 Å². The van der Waals surface area contributed by atoms with Crippen molar-refractivity contribution >= 4 is 18.0 Å². The Kier molecular flexibility index (Phi) is 5.05. The van der Waals surface area contributed by atoms with Gasteiger partial charge in [-0.05, 0) is 23.8 Å². The van der Waals surface area contributed by atoms with E-state index in [9.17, 15) is 9.59 Å². The average molecular weight is 249 g/mol. The van der Waals surface area contributed by atoms with E-state index in [2.05, 4.69) is 11.6 Å². The number of esters is 2. The van der Waals surface area contributed by atoms with E-state index in [0.717, 1.165) is 5.56 Å². The Morgan fingerprint density at radius 2 is 2.22 bits per heavy atom. The van der Waals surface area contributed by atoms with E-state index < -0.39 is 18.2 Å². The van der Waals surface area contributed by atoms with Crippen LogP contribution in [0.3, 0.4) is 0 Å². The first kappa shape index (κ1) is 13.9. The van der Waals surface area contributed by atoms with Crippen LogP contribution < -0.4 is 0 Å². The quantitative estimate of drug-likeness (QED) is 0.587. The molecule has 1 aromatic heterocycles. The van der Waals surface area contributed by atoms with Crippen LogP contribution in [-0.4, -0.2) is 23.2 Å². The first-order valence-electron chi connectivity index (χ1n) is 5.45. The second-order valence-electron chi connectivity index (χ2n) is 3.64. The van der Waals surface area contributed by atoms with Gasteiger partial charge in [0.1, 0.15) is 0 Å². The SMILES string of the molecule is C=Cc1cc(CC(=O)OC(C)OC(C)=O)ccn1. The molecule has 1 atom stereocenters. The van der Waals surface area contributed by atoms with E-state index in [1.165, 1.54) is 13.8 Å². The fraction of sp³-hybridized carbons (Fsp3) is 0.308. The van der Waals surface area contributed by atoms with Gasteiger partial charge < -0.3 is 9.47 Å². The summed E-state index contributed by atoms with van der Waals surface area (Å²) in [6.45, 7) is 6.34. The molecule has 96 valence electrons. The molecular weight excluding hydrogens is 234 g/mol. The molecule has 5 nitrogen and oxygen atoms in total. The minimum atomic E-state index is -0.879. The average Bonchev–Trinajstić information content (AvgIpc) is 2.27. The zero-order valence-corrected chi connectivity index (χ0v) is 10.4. The van der Waals surface area contributed by atoms with Crippen LogP contribution in [0.2, 0.25) is 0 Å². The third-order valence-corrected chi connectivity index (χ3v) is 2.03. The van der Waals surface area contributed by atoms with Crippen LogP contribution in [-0.2, 0) is 25.5 Å². The summed E-state index contributed by atoms with van der Waals surface area (Å²) in [5, 5.41) is 0. The number of rotatable bonds is 5. The molecule has 0 aliphatic rings. The molecule has 18 heavy (non-hydrogen) atoms. The normalized spacial score (nSPS) is 11.4. The lowest BCUT2D eigenvalue weighted by Crippen LogP contribution is -2.21. The minimum Gasteiger partial charge on any atom is -0.426 e. The van der Waals surface area contributed by atoms with E-state index in [1.54, 1.807) is 24.4 Å². The molecule has 0 N–H and O–H groups in total. The van der Waals surface area contributed by atoms with Crippen molar-refractivity contribution in [2.75, 3.05) is 0 Å². The molecule has 0 aliphatic heterocycles. The molecule has 1 unspecified atom stereocenters. The highest BCUT2D eigenvalue weighted by Crippen LogP contribution is 2.06. The van der Waals surface area contributed by atoms with Gasteiger partial charge in [0, 0.05) is 20.0 Å². The first-order chi connectivity index (χ1) is 8.51. The van der Waals surface area contributed by atoms with Gasteiger partial charge in [-0.3, -0.25) is 14.6 Å². The molecule has 0 radical (unpaired) electrons. The number of hydrogen-bond donors (Lipinski definition) is 0. The minimum absolute atomic E-state index is 0.0922. The summed E-state index contributed by atoms with van der Waals surface area (Å²) in [4.78, 5) is 26.2. The Morgan fingerprint density at radius 1 is 1.50 bits per heavy atom. The molecule has 0 saturated heterocycles. The zero-order valence-electron chi connectivity index (χ0n) is 10.4. The summed E-state index contributed by atoms with van der Waals surface area (Å²) < 4.78 is 9.60. The second-order valence-corrected chi connectivity index (χ2v) is 3.64. The monoisotopic (exact) mass is 249 g/mol. The highest BCUT2D eigenvalue weighted by Gasteiger charge is 2.12. The van der Waals surface area contributed by atoms with Crippen molar-refractivity contribution < 1.29 is 19.1 Å². The van der Waals surface area contributed by atoms with E-state index in [1.807, 2.05) is 0 Å². The highest BCUT2D eigenvalue weighted by molar-refractivity contribution is 5.73. The standard InChI is InChI=1S/C13H15NO4/c1-4-12-7-11(5-6-14-12)8-13(16)18-10(3)17-9(2)15/h4-7,10H,1,8H2,2-3H3. The third kappa shape index (κ3) is 4.78. The summed E-state index contributed by atoms with van der Waals surface area (Å²) in [5.74, 6) is -0.960. The summed E-state index contributed by atoms with van der Waals surface area (Å²) >= 11 is 0.